The molecule has 0 aromatic heterocycles. The van der Waals surface area contributed by atoms with Crippen molar-refractivity contribution in [1.82, 2.24) is 0 Å². The van der Waals surface area contributed by atoms with Gasteiger partial charge in [-0.05, 0) is 24.5 Å². The zero-order valence-corrected chi connectivity index (χ0v) is 8.58. The van der Waals surface area contributed by atoms with Crippen LogP contribution in [0.1, 0.15) is 34.7 Å². The van der Waals surface area contributed by atoms with Gasteiger partial charge in [0.05, 0.1) is 19.3 Å². The second-order valence-electron chi connectivity index (χ2n) is 4.02. The van der Waals surface area contributed by atoms with Gasteiger partial charge in [-0.3, -0.25) is 4.79 Å². The largest absolute Gasteiger partial charge is 0.496 e. The van der Waals surface area contributed by atoms with Crippen LogP contribution in [0, 0.1) is 0 Å². The molecule has 0 spiro atoms. The highest BCUT2D eigenvalue weighted by Gasteiger charge is 2.37. The van der Waals surface area contributed by atoms with Crippen LogP contribution in [0.25, 0.3) is 0 Å². The third kappa shape index (κ3) is 1.09. The first kappa shape index (κ1) is 8.77. The van der Waals surface area contributed by atoms with Gasteiger partial charge in [0.15, 0.2) is 5.78 Å². The van der Waals surface area contributed by atoms with Crippen molar-refractivity contribution in [1.29, 1.82) is 0 Å². The molecule has 1 atom stereocenters. The van der Waals surface area contributed by atoms with Gasteiger partial charge < -0.3 is 9.47 Å². The Labute approximate surface area is 88.0 Å². The molecule has 1 unspecified atom stereocenters. The minimum absolute atomic E-state index is 0.194. The van der Waals surface area contributed by atoms with E-state index in [1.54, 1.807) is 7.11 Å². The summed E-state index contributed by atoms with van der Waals surface area (Å²) in [5.41, 5.74) is 1.82. The Morgan fingerprint density at radius 3 is 3.13 bits per heavy atom. The lowest BCUT2D eigenvalue weighted by Gasteiger charge is -2.22. The van der Waals surface area contributed by atoms with Crippen molar-refractivity contribution in [2.45, 2.75) is 18.8 Å². The summed E-state index contributed by atoms with van der Waals surface area (Å²) in [6.07, 6.45) is 1.56. The zero-order chi connectivity index (χ0) is 10.4. The van der Waals surface area contributed by atoms with Gasteiger partial charge in [0.1, 0.15) is 11.5 Å². The molecule has 1 aliphatic carbocycles. The van der Waals surface area contributed by atoms with Gasteiger partial charge in [0, 0.05) is 12.0 Å². The van der Waals surface area contributed by atoms with Gasteiger partial charge in [-0.2, -0.15) is 0 Å². The van der Waals surface area contributed by atoms with Crippen molar-refractivity contribution >= 4 is 5.78 Å². The quantitative estimate of drug-likeness (QED) is 0.703. The number of methoxy groups -OCH3 is 1. The summed E-state index contributed by atoms with van der Waals surface area (Å²) in [5, 5.41) is 0. The first-order valence-electron chi connectivity index (χ1n) is 5.18. The van der Waals surface area contributed by atoms with Crippen molar-refractivity contribution < 1.29 is 14.3 Å². The molecule has 0 saturated carbocycles. The number of benzene rings is 1. The highest BCUT2D eigenvalue weighted by atomic mass is 16.5. The number of Topliss-reactive ketones (excluding diaryl/α,β-unsaturated/α-hetero) is 1. The molecule has 0 bridgehead atoms. The molecular formula is C12H12O3. The van der Waals surface area contributed by atoms with Gasteiger partial charge in [-0.1, -0.05) is 0 Å². The van der Waals surface area contributed by atoms with E-state index >= 15 is 0 Å². The molecule has 1 aliphatic heterocycles. The number of ketones is 1. The number of hydrogen-bond acceptors (Lipinski definition) is 3. The molecule has 15 heavy (non-hydrogen) atoms. The van der Waals surface area contributed by atoms with E-state index in [1.165, 1.54) is 0 Å². The van der Waals surface area contributed by atoms with Crippen LogP contribution in [0.2, 0.25) is 0 Å². The number of carbonyl (C=O) groups excluding carboxylic acids is 1. The van der Waals surface area contributed by atoms with Gasteiger partial charge in [-0.15, -0.1) is 0 Å². The Hall–Kier alpha value is -1.51. The first-order chi connectivity index (χ1) is 7.31. The van der Waals surface area contributed by atoms with E-state index in [2.05, 4.69) is 0 Å². The van der Waals surface area contributed by atoms with Crippen LogP contribution >= 0.6 is 0 Å². The van der Waals surface area contributed by atoms with Gasteiger partial charge in [0.2, 0.25) is 0 Å². The van der Waals surface area contributed by atoms with Crippen molar-refractivity contribution in [3.05, 3.63) is 23.3 Å². The average Bonchev–Trinajstić information content (AvgIpc) is 2.59. The first-order valence-corrected chi connectivity index (χ1v) is 5.18. The molecule has 78 valence electrons. The summed E-state index contributed by atoms with van der Waals surface area (Å²) < 4.78 is 10.8. The topological polar surface area (TPSA) is 35.5 Å². The maximum Gasteiger partial charge on any atom is 0.167 e. The highest BCUT2D eigenvalue weighted by molar-refractivity contribution is 6.04. The Balaban J connectivity index is 2.27. The van der Waals surface area contributed by atoms with E-state index in [1.807, 2.05) is 12.1 Å². The predicted molar refractivity (Wildman–Crippen MR) is 54.8 cm³/mol. The maximum atomic E-state index is 11.9. The van der Waals surface area contributed by atoms with Crippen LogP contribution in [0.5, 0.6) is 11.5 Å². The molecule has 3 nitrogen and oxygen atoms in total. The molecule has 2 aliphatic rings. The fourth-order valence-electron chi connectivity index (χ4n) is 2.55. The minimum Gasteiger partial charge on any atom is -0.496 e. The highest BCUT2D eigenvalue weighted by Crippen LogP contribution is 2.47. The smallest absolute Gasteiger partial charge is 0.167 e. The zero-order valence-electron chi connectivity index (χ0n) is 8.58. The van der Waals surface area contributed by atoms with E-state index in [9.17, 15) is 4.79 Å². The Morgan fingerprint density at radius 1 is 1.47 bits per heavy atom. The summed E-state index contributed by atoms with van der Waals surface area (Å²) in [4.78, 5) is 11.9. The normalized spacial score (nSPS) is 22.2. The minimum atomic E-state index is 0.194. The molecule has 0 N–H and O–H groups in total. The van der Waals surface area contributed by atoms with Gasteiger partial charge in [-0.25, -0.2) is 0 Å². The fourth-order valence-corrected chi connectivity index (χ4v) is 2.55. The molecule has 0 amide bonds. The summed E-state index contributed by atoms with van der Waals surface area (Å²) in [6.45, 7) is 0.719. The summed E-state index contributed by atoms with van der Waals surface area (Å²) >= 11 is 0. The standard InChI is InChI=1S/C12H12O3/c1-14-9-2-3-10-11-7(4-5-15-10)6-8(13)12(9)11/h2-3,7H,4-6H2,1H3. The van der Waals surface area contributed by atoms with Gasteiger partial charge >= 0.3 is 0 Å². The van der Waals surface area contributed by atoms with E-state index in [-0.39, 0.29) is 5.78 Å². The van der Waals surface area contributed by atoms with E-state index < -0.39 is 0 Å². The average molecular weight is 204 g/mol. The monoisotopic (exact) mass is 204 g/mol. The second kappa shape index (κ2) is 2.99. The van der Waals surface area contributed by atoms with E-state index in [0.717, 1.165) is 29.9 Å². The summed E-state index contributed by atoms with van der Waals surface area (Å²) in [5.74, 6) is 2.10. The van der Waals surface area contributed by atoms with E-state index in [0.29, 0.717) is 18.1 Å². The second-order valence-corrected chi connectivity index (χ2v) is 4.02. The number of ether oxygens (including phenoxy) is 2. The molecule has 0 fully saturated rings. The Kier molecular flexibility index (Phi) is 1.75. The van der Waals surface area contributed by atoms with E-state index in [4.69, 9.17) is 9.47 Å². The summed E-state index contributed by atoms with van der Waals surface area (Å²) in [7, 11) is 1.60. The molecule has 0 radical (unpaired) electrons. The Morgan fingerprint density at radius 2 is 2.33 bits per heavy atom. The maximum absolute atomic E-state index is 11.9. The summed E-state index contributed by atoms with van der Waals surface area (Å²) in [6, 6.07) is 3.72. The van der Waals surface area contributed by atoms with Crippen LogP contribution in [0.15, 0.2) is 12.1 Å². The van der Waals surface area contributed by atoms with Crippen molar-refractivity contribution in [3.63, 3.8) is 0 Å². The molecule has 0 saturated heterocycles. The van der Waals surface area contributed by atoms with Crippen LogP contribution in [0.4, 0.5) is 0 Å². The lowest BCUT2D eigenvalue weighted by molar-refractivity contribution is 0.0984. The van der Waals surface area contributed by atoms with Crippen molar-refractivity contribution in [2.75, 3.05) is 13.7 Å². The molecular weight excluding hydrogens is 192 g/mol. The van der Waals surface area contributed by atoms with Gasteiger partial charge in [0.25, 0.3) is 0 Å². The molecule has 1 aromatic rings. The van der Waals surface area contributed by atoms with Crippen LogP contribution in [-0.4, -0.2) is 19.5 Å². The SMILES string of the molecule is COc1ccc2c3c1C(=O)CC3CCO2. The molecule has 1 heterocycles. The van der Waals surface area contributed by atoms with Crippen molar-refractivity contribution in [3.8, 4) is 11.5 Å². The number of hydrogen-bond donors (Lipinski definition) is 0. The number of carbonyl (C=O) groups is 1. The predicted octanol–water partition coefficient (Wildman–Crippen LogP) is 2.15. The third-order valence-electron chi connectivity index (χ3n) is 3.23. The van der Waals surface area contributed by atoms with Crippen LogP contribution < -0.4 is 9.47 Å². The van der Waals surface area contributed by atoms with Crippen molar-refractivity contribution in [2.24, 2.45) is 0 Å². The molecule has 3 rings (SSSR count). The fraction of sp³-hybridized carbons (Fsp3) is 0.417. The third-order valence-corrected chi connectivity index (χ3v) is 3.23. The molecule has 3 heteroatoms. The van der Waals surface area contributed by atoms with Crippen LogP contribution in [-0.2, 0) is 0 Å². The lowest BCUT2D eigenvalue weighted by atomic mass is 9.95. The number of rotatable bonds is 1. The lowest BCUT2D eigenvalue weighted by Crippen LogP contribution is -2.11. The molecule has 1 aromatic carbocycles. The van der Waals surface area contributed by atoms with Crippen LogP contribution in [0.3, 0.4) is 0 Å². The Bertz CT molecular complexity index is 437.